The van der Waals surface area contributed by atoms with Crippen molar-refractivity contribution in [2.45, 2.75) is 18.2 Å². The fourth-order valence-corrected chi connectivity index (χ4v) is 2.08. The van der Waals surface area contributed by atoms with Crippen LogP contribution in [-0.2, 0) is 13.6 Å². The summed E-state index contributed by atoms with van der Waals surface area (Å²) in [5, 5.41) is 0. The molecule has 0 bridgehead atoms. The van der Waals surface area contributed by atoms with Gasteiger partial charge in [0, 0.05) is 30.3 Å². The van der Waals surface area contributed by atoms with E-state index in [4.69, 9.17) is 0 Å². The predicted octanol–water partition coefficient (Wildman–Crippen LogP) is 0.647. The fraction of sp³-hybridized carbons (Fsp3) is 0.455. The first-order chi connectivity index (χ1) is 8.35. The Labute approximate surface area is 115 Å². The average molecular weight is 285 g/mol. The van der Waals surface area contributed by atoms with Gasteiger partial charge in [0.15, 0.2) is 0 Å². The van der Waals surface area contributed by atoms with Crippen molar-refractivity contribution in [1.82, 2.24) is 14.1 Å². The maximum absolute atomic E-state index is 12.3. The van der Waals surface area contributed by atoms with Crippen LogP contribution in [0.2, 0.25) is 0 Å². The number of aromatic nitrogens is 3. The van der Waals surface area contributed by atoms with Crippen molar-refractivity contribution >= 4 is 36.3 Å². The highest BCUT2D eigenvalue weighted by molar-refractivity contribution is 7.85. The molecule has 0 spiro atoms. The smallest absolute Gasteiger partial charge is 0.328 e. The number of rotatable bonds is 3. The average Bonchev–Trinajstić information content (AvgIpc) is 2.66. The van der Waals surface area contributed by atoms with Gasteiger partial charge >= 0.3 is 5.69 Å². The maximum Gasteiger partial charge on any atom is 0.328 e. The SMILES string of the molecule is Cn1ccc2[nH]c(=O)n(C[C@@](C)(S)CS)c(=O)c21. The minimum atomic E-state index is -0.515. The number of thiol groups is 2. The molecule has 0 radical (unpaired) electrons. The van der Waals surface area contributed by atoms with E-state index in [0.29, 0.717) is 16.8 Å². The van der Waals surface area contributed by atoms with Crippen LogP contribution in [0, 0.1) is 0 Å². The zero-order valence-corrected chi connectivity index (χ0v) is 12.0. The van der Waals surface area contributed by atoms with Gasteiger partial charge in [-0.2, -0.15) is 25.3 Å². The molecule has 0 aliphatic heterocycles. The Hall–Kier alpha value is -1.08. The lowest BCUT2D eigenvalue weighted by atomic mass is 10.2. The molecule has 2 aromatic heterocycles. The number of hydrogen-bond donors (Lipinski definition) is 3. The monoisotopic (exact) mass is 285 g/mol. The zero-order valence-electron chi connectivity index (χ0n) is 10.2. The molecular weight excluding hydrogens is 270 g/mol. The molecule has 2 rings (SSSR count). The minimum Gasteiger partial charge on any atom is -0.345 e. The summed E-state index contributed by atoms with van der Waals surface area (Å²) in [6.07, 6.45) is 1.74. The fourth-order valence-electron chi connectivity index (χ4n) is 1.83. The van der Waals surface area contributed by atoms with Gasteiger partial charge in [-0.3, -0.25) is 9.36 Å². The Balaban J connectivity index is 2.68. The van der Waals surface area contributed by atoms with E-state index in [1.807, 2.05) is 6.92 Å². The first kappa shape index (κ1) is 13.4. The quantitative estimate of drug-likeness (QED) is 0.725. The highest BCUT2D eigenvalue weighted by atomic mass is 32.1. The first-order valence-corrected chi connectivity index (χ1v) is 6.55. The Bertz CT molecular complexity index is 696. The van der Waals surface area contributed by atoms with E-state index in [2.05, 4.69) is 30.2 Å². The highest BCUT2D eigenvalue weighted by Crippen LogP contribution is 2.16. The Kier molecular flexibility index (Phi) is 3.37. The number of H-pyrrole nitrogens is 1. The van der Waals surface area contributed by atoms with Gasteiger partial charge in [0.1, 0.15) is 5.52 Å². The largest absolute Gasteiger partial charge is 0.345 e. The van der Waals surface area contributed by atoms with Crippen LogP contribution in [-0.4, -0.2) is 24.6 Å². The molecular formula is C11H15N3O2S2. The second-order valence-corrected chi connectivity index (χ2v) is 6.06. The number of aromatic amines is 1. The molecule has 0 fully saturated rings. The second kappa shape index (κ2) is 4.55. The van der Waals surface area contributed by atoms with E-state index >= 15 is 0 Å². The molecule has 0 aliphatic carbocycles. The normalized spacial score (nSPS) is 14.9. The lowest BCUT2D eigenvalue weighted by Gasteiger charge is -2.21. The van der Waals surface area contributed by atoms with Crippen LogP contribution >= 0.6 is 25.3 Å². The van der Waals surface area contributed by atoms with E-state index in [-0.39, 0.29) is 12.1 Å². The molecule has 0 amide bonds. The van der Waals surface area contributed by atoms with Crippen LogP contribution in [0.25, 0.3) is 11.0 Å². The van der Waals surface area contributed by atoms with E-state index < -0.39 is 10.4 Å². The standard InChI is InChI=1S/C11H15N3O2S2/c1-11(18,6-17)5-14-9(15)8-7(12-10(14)16)3-4-13(8)2/h3-4,17-18H,5-6H2,1-2H3,(H,12,16)/t11-/m1/s1. The zero-order chi connectivity index (χ0) is 13.5. The molecule has 2 heterocycles. The molecule has 7 heteroatoms. The minimum absolute atomic E-state index is 0.217. The first-order valence-electron chi connectivity index (χ1n) is 5.47. The van der Waals surface area contributed by atoms with Crippen molar-refractivity contribution in [2.75, 3.05) is 5.75 Å². The molecule has 0 aliphatic rings. The third-order valence-corrected chi connectivity index (χ3v) is 4.09. The van der Waals surface area contributed by atoms with Crippen LogP contribution in [0.3, 0.4) is 0 Å². The molecule has 0 saturated carbocycles. The summed E-state index contributed by atoms with van der Waals surface area (Å²) >= 11 is 8.57. The van der Waals surface area contributed by atoms with Crippen LogP contribution in [0.5, 0.6) is 0 Å². The highest BCUT2D eigenvalue weighted by Gasteiger charge is 2.21. The van der Waals surface area contributed by atoms with Gasteiger partial charge in [0.05, 0.1) is 5.52 Å². The van der Waals surface area contributed by atoms with Gasteiger partial charge in [-0.05, 0) is 13.0 Å². The van der Waals surface area contributed by atoms with Gasteiger partial charge in [-0.25, -0.2) is 4.79 Å². The van der Waals surface area contributed by atoms with Crippen molar-refractivity contribution in [3.8, 4) is 0 Å². The predicted molar refractivity (Wildman–Crippen MR) is 79.0 cm³/mol. The molecule has 1 N–H and O–H groups in total. The number of nitrogens with one attached hydrogen (secondary N) is 1. The molecule has 2 aromatic rings. The molecule has 0 aromatic carbocycles. The van der Waals surface area contributed by atoms with E-state index in [1.54, 1.807) is 23.9 Å². The van der Waals surface area contributed by atoms with E-state index in [9.17, 15) is 9.59 Å². The van der Waals surface area contributed by atoms with Gasteiger partial charge < -0.3 is 9.55 Å². The van der Waals surface area contributed by atoms with Gasteiger partial charge in [0.2, 0.25) is 0 Å². The Morgan fingerprint density at radius 2 is 2.11 bits per heavy atom. The molecule has 18 heavy (non-hydrogen) atoms. The van der Waals surface area contributed by atoms with Crippen molar-refractivity contribution in [1.29, 1.82) is 0 Å². The summed E-state index contributed by atoms with van der Waals surface area (Å²) in [4.78, 5) is 26.9. The molecule has 1 atom stereocenters. The molecule has 0 saturated heterocycles. The number of fused-ring (bicyclic) bond motifs is 1. The summed E-state index contributed by atoms with van der Waals surface area (Å²) in [5.74, 6) is 0.465. The van der Waals surface area contributed by atoms with E-state index in [0.717, 1.165) is 0 Å². The third kappa shape index (κ3) is 2.24. The van der Waals surface area contributed by atoms with Gasteiger partial charge in [-0.1, -0.05) is 0 Å². The summed E-state index contributed by atoms with van der Waals surface area (Å²) in [7, 11) is 1.77. The van der Waals surface area contributed by atoms with Crippen molar-refractivity contribution in [3.05, 3.63) is 33.1 Å². The van der Waals surface area contributed by atoms with Crippen LogP contribution in [0.4, 0.5) is 0 Å². The Morgan fingerprint density at radius 3 is 2.72 bits per heavy atom. The van der Waals surface area contributed by atoms with Crippen molar-refractivity contribution in [2.24, 2.45) is 7.05 Å². The maximum atomic E-state index is 12.3. The molecule has 98 valence electrons. The molecule has 5 nitrogen and oxygen atoms in total. The lowest BCUT2D eigenvalue weighted by molar-refractivity contribution is 0.543. The van der Waals surface area contributed by atoms with Crippen LogP contribution in [0.15, 0.2) is 21.9 Å². The van der Waals surface area contributed by atoms with Crippen LogP contribution < -0.4 is 11.2 Å². The topological polar surface area (TPSA) is 59.8 Å². The summed E-state index contributed by atoms with van der Waals surface area (Å²) in [6, 6.07) is 1.71. The van der Waals surface area contributed by atoms with Crippen LogP contribution in [0.1, 0.15) is 6.92 Å². The lowest BCUT2D eigenvalue weighted by Crippen LogP contribution is -2.41. The molecule has 0 unspecified atom stereocenters. The summed E-state index contributed by atoms with van der Waals surface area (Å²) in [6.45, 7) is 2.05. The van der Waals surface area contributed by atoms with Gasteiger partial charge in [-0.15, -0.1) is 0 Å². The number of nitrogens with zero attached hydrogens (tertiary/aromatic N) is 2. The number of hydrogen-bond acceptors (Lipinski definition) is 4. The summed E-state index contributed by atoms with van der Waals surface area (Å²) in [5.41, 5.74) is 0.317. The van der Waals surface area contributed by atoms with E-state index in [1.165, 1.54) is 4.57 Å². The van der Waals surface area contributed by atoms with Gasteiger partial charge in [0.25, 0.3) is 5.56 Å². The Morgan fingerprint density at radius 1 is 1.44 bits per heavy atom. The van der Waals surface area contributed by atoms with Crippen molar-refractivity contribution < 1.29 is 0 Å². The third-order valence-electron chi connectivity index (χ3n) is 2.85. The summed E-state index contributed by atoms with van der Waals surface area (Å²) < 4.78 is 2.35. The number of aryl methyl sites for hydroxylation is 1. The second-order valence-electron chi connectivity index (χ2n) is 4.67. The van der Waals surface area contributed by atoms with Crippen molar-refractivity contribution in [3.63, 3.8) is 0 Å².